The van der Waals surface area contributed by atoms with Gasteiger partial charge < -0.3 is 9.47 Å². The fourth-order valence-corrected chi connectivity index (χ4v) is 3.59. The number of aromatic nitrogens is 1. The largest absolute Gasteiger partial charge is 0.349 e. The summed E-state index contributed by atoms with van der Waals surface area (Å²) in [5.74, 6) is 0.231. The van der Waals surface area contributed by atoms with E-state index in [0.717, 1.165) is 26.1 Å². The molecule has 25 heavy (non-hydrogen) atoms. The van der Waals surface area contributed by atoms with Crippen LogP contribution in [-0.4, -0.2) is 39.9 Å². The third-order valence-corrected chi connectivity index (χ3v) is 5.15. The number of aryl methyl sites for hydroxylation is 1. The number of rotatable bonds is 6. The average molecular weight is 339 g/mol. The quantitative estimate of drug-likeness (QED) is 0.804. The van der Waals surface area contributed by atoms with Gasteiger partial charge in [-0.25, -0.2) is 0 Å². The lowest BCUT2D eigenvalue weighted by molar-refractivity contribution is -0.134. The van der Waals surface area contributed by atoms with E-state index in [2.05, 4.69) is 72.8 Å². The highest BCUT2D eigenvalue weighted by atomic mass is 16.2. The van der Waals surface area contributed by atoms with E-state index in [-0.39, 0.29) is 11.9 Å². The smallest absolute Gasteiger partial charge is 0.237 e. The van der Waals surface area contributed by atoms with E-state index in [4.69, 9.17) is 0 Å². The Morgan fingerprint density at radius 2 is 1.96 bits per heavy atom. The molecule has 1 aromatic heterocycles. The SMILES string of the molecule is CCCN(Cc1ccc(C)cc1)C(=O)CN1CCn2cccc2C1C. The molecule has 3 rings (SSSR count). The van der Waals surface area contributed by atoms with Crippen LogP contribution in [0.1, 0.15) is 43.1 Å². The molecule has 134 valence electrons. The van der Waals surface area contributed by atoms with Crippen molar-refractivity contribution in [1.29, 1.82) is 0 Å². The number of amides is 1. The lowest BCUT2D eigenvalue weighted by Gasteiger charge is -2.35. The van der Waals surface area contributed by atoms with E-state index >= 15 is 0 Å². The predicted molar refractivity (Wildman–Crippen MR) is 101 cm³/mol. The monoisotopic (exact) mass is 339 g/mol. The van der Waals surface area contributed by atoms with Crippen molar-refractivity contribution < 1.29 is 4.79 Å². The van der Waals surface area contributed by atoms with Gasteiger partial charge in [-0.15, -0.1) is 0 Å². The Morgan fingerprint density at radius 3 is 2.68 bits per heavy atom. The van der Waals surface area contributed by atoms with Gasteiger partial charge in [0.25, 0.3) is 0 Å². The molecule has 1 aromatic carbocycles. The van der Waals surface area contributed by atoms with E-state index in [1.807, 2.05) is 4.90 Å². The van der Waals surface area contributed by atoms with Crippen molar-refractivity contribution in [2.24, 2.45) is 0 Å². The molecule has 1 aliphatic heterocycles. The van der Waals surface area contributed by atoms with Crippen molar-refractivity contribution in [2.75, 3.05) is 19.6 Å². The molecule has 2 heterocycles. The molecule has 0 aliphatic carbocycles. The van der Waals surface area contributed by atoms with Crippen LogP contribution in [0.15, 0.2) is 42.6 Å². The molecule has 0 N–H and O–H groups in total. The van der Waals surface area contributed by atoms with Crippen LogP contribution in [0.4, 0.5) is 0 Å². The maximum absolute atomic E-state index is 12.9. The van der Waals surface area contributed by atoms with Gasteiger partial charge in [0, 0.05) is 44.1 Å². The highest BCUT2D eigenvalue weighted by molar-refractivity contribution is 5.78. The molecule has 1 atom stereocenters. The second-order valence-corrected chi connectivity index (χ2v) is 7.07. The third kappa shape index (κ3) is 4.13. The fourth-order valence-electron chi connectivity index (χ4n) is 3.59. The zero-order valence-electron chi connectivity index (χ0n) is 15.6. The number of hydrogen-bond acceptors (Lipinski definition) is 2. The Labute approximate surface area is 151 Å². The Kier molecular flexibility index (Phi) is 5.59. The fraction of sp³-hybridized carbons (Fsp3) is 0.476. The molecule has 0 radical (unpaired) electrons. The Bertz CT molecular complexity index is 704. The minimum atomic E-state index is 0.231. The first kappa shape index (κ1) is 17.7. The molecule has 0 saturated carbocycles. The zero-order valence-corrected chi connectivity index (χ0v) is 15.6. The zero-order chi connectivity index (χ0) is 17.8. The molecule has 2 aromatic rings. The topological polar surface area (TPSA) is 28.5 Å². The Balaban J connectivity index is 1.65. The molecule has 4 nitrogen and oxygen atoms in total. The maximum atomic E-state index is 12.9. The molecular formula is C21H29N3O. The normalized spacial score (nSPS) is 17.3. The number of fused-ring (bicyclic) bond motifs is 1. The summed E-state index contributed by atoms with van der Waals surface area (Å²) in [7, 11) is 0. The minimum Gasteiger partial charge on any atom is -0.349 e. The number of benzene rings is 1. The van der Waals surface area contributed by atoms with Crippen molar-refractivity contribution in [1.82, 2.24) is 14.4 Å². The highest BCUT2D eigenvalue weighted by Crippen LogP contribution is 2.25. The first-order valence-electron chi connectivity index (χ1n) is 9.31. The molecular weight excluding hydrogens is 310 g/mol. The standard InChI is InChI=1S/C21H29N3O/c1-4-11-24(15-19-9-7-17(2)8-10-19)21(25)16-23-14-13-22-12-5-6-20(22)18(23)3/h5-10,12,18H,4,11,13-16H2,1-3H3. The van der Waals surface area contributed by atoms with Crippen molar-refractivity contribution in [3.63, 3.8) is 0 Å². The van der Waals surface area contributed by atoms with Gasteiger partial charge in [0.15, 0.2) is 0 Å². The summed E-state index contributed by atoms with van der Waals surface area (Å²) in [5.41, 5.74) is 3.76. The Hall–Kier alpha value is -2.07. The number of hydrogen-bond donors (Lipinski definition) is 0. The van der Waals surface area contributed by atoms with Gasteiger partial charge in [-0.3, -0.25) is 9.69 Å². The van der Waals surface area contributed by atoms with Crippen LogP contribution >= 0.6 is 0 Å². The van der Waals surface area contributed by atoms with Crippen molar-refractivity contribution in [3.8, 4) is 0 Å². The highest BCUT2D eigenvalue weighted by Gasteiger charge is 2.26. The molecule has 0 bridgehead atoms. The van der Waals surface area contributed by atoms with Crippen LogP contribution in [0.3, 0.4) is 0 Å². The van der Waals surface area contributed by atoms with Gasteiger partial charge in [-0.1, -0.05) is 36.8 Å². The predicted octanol–water partition coefficient (Wildman–Crippen LogP) is 3.61. The van der Waals surface area contributed by atoms with E-state index in [0.29, 0.717) is 13.1 Å². The summed E-state index contributed by atoms with van der Waals surface area (Å²) in [6, 6.07) is 13.0. The van der Waals surface area contributed by atoms with Gasteiger partial charge in [0.05, 0.1) is 6.54 Å². The molecule has 4 heteroatoms. The van der Waals surface area contributed by atoms with Crippen molar-refractivity contribution in [3.05, 3.63) is 59.4 Å². The van der Waals surface area contributed by atoms with Gasteiger partial charge in [0.1, 0.15) is 0 Å². The summed E-state index contributed by atoms with van der Waals surface area (Å²) in [4.78, 5) is 17.3. The van der Waals surface area contributed by atoms with Gasteiger partial charge >= 0.3 is 0 Å². The first-order chi connectivity index (χ1) is 12.1. The summed E-state index contributed by atoms with van der Waals surface area (Å²) in [5, 5.41) is 0. The molecule has 1 aliphatic rings. The van der Waals surface area contributed by atoms with E-state index in [1.165, 1.54) is 16.8 Å². The van der Waals surface area contributed by atoms with E-state index in [9.17, 15) is 4.79 Å². The lowest BCUT2D eigenvalue weighted by atomic mass is 10.1. The van der Waals surface area contributed by atoms with Crippen molar-refractivity contribution in [2.45, 2.75) is 46.3 Å². The Morgan fingerprint density at radius 1 is 1.20 bits per heavy atom. The molecule has 1 amide bonds. The van der Waals surface area contributed by atoms with Gasteiger partial charge in [-0.05, 0) is 38.0 Å². The van der Waals surface area contributed by atoms with Gasteiger partial charge in [0.2, 0.25) is 5.91 Å². The molecule has 0 spiro atoms. The summed E-state index contributed by atoms with van der Waals surface area (Å²) in [6.45, 7) is 10.3. The van der Waals surface area contributed by atoms with Gasteiger partial charge in [-0.2, -0.15) is 0 Å². The number of carbonyl (C=O) groups is 1. The molecule has 0 fully saturated rings. The second-order valence-electron chi connectivity index (χ2n) is 7.07. The average Bonchev–Trinajstić information content (AvgIpc) is 3.08. The van der Waals surface area contributed by atoms with Crippen LogP contribution in [0, 0.1) is 6.92 Å². The molecule has 0 saturated heterocycles. The lowest BCUT2D eigenvalue weighted by Crippen LogP contribution is -2.44. The first-order valence-corrected chi connectivity index (χ1v) is 9.31. The molecule has 1 unspecified atom stereocenters. The maximum Gasteiger partial charge on any atom is 0.237 e. The summed E-state index contributed by atoms with van der Waals surface area (Å²) >= 11 is 0. The van der Waals surface area contributed by atoms with Crippen LogP contribution in [0.2, 0.25) is 0 Å². The number of carbonyl (C=O) groups excluding carboxylic acids is 1. The van der Waals surface area contributed by atoms with Crippen LogP contribution in [0.5, 0.6) is 0 Å². The van der Waals surface area contributed by atoms with E-state index in [1.54, 1.807) is 0 Å². The summed E-state index contributed by atoms with van der Waals surface area (Å²) in [6.07, 6.45) is 3.11. The number of nitrogens with zero attached hydrogens (tertiary/aromatic N) is 3. The van der Waals surface area contributed by atoms with Crippen molar-refractivity contribution >= 4 is 5.91 Å². The van der Waals surface area contributed by atoms with Crippen LogP contribution < -0.4 is 0 Å². The third-order valence-electron chi connectivity index (χ3n) is 5.15. The van der Waals surface area contributed by atoms with E-state index < -0.39 is 0 Å². The second kappa shape index (κ2) is 7.87. The summed E-state index contributed by atoms with van der Waals surface area (Å²) < 4.78 is 2.29. The van der Waals surface area contributed by atoms with Crippen LogP contribution in [0.25, 0.3) is 0 Å². The van der Waals surface area contributed by atoms with Crippen LogP contribution in [-0.2, 0) is 17.9 Å². The minimum absolute atomic E-state index is 0.231.